The van der Waals surface area contributed by atoms with Crippen LogP contribution >= 0.6 is 0 Å². The second-order valence-corrected chi connectivity index (χ2v) is 5.84. The Kier molecular flexibility index (Phi) is 7.30. The summed E-state index contributed by atoms with van der Waals surface area (Å²) in [6.45, 7) is 6.31. The fourth-order valence-electron chi connectivity index (χ4n) is 2.95. The first-order chi connectivity index (χ1) is 9.42. The second kappa shape index (κ2) is 8.23. The number of rotatable bonds is 10. The van der Waals surface area contributed by atoms with E-state index in [2.05, 4.69) is 19.2 Å². The highest BCUT2D eigenvalue weighted by atomic mass is 19.4. The van der Waals surface area contributed by atoms with Gasteiger partial charge in [-0.3, -0.25) is 4.90 Å². The van der Waals surface area contributed by atoms with E-state index in [0.29, 0.717) is 0 Å². The van der Waals surface area contributed by atoms with Crippen molar-refractivity contribution >= 4 is 0 Å². The van der Waals surface area contributed by atoms with Crippen molar-refractivity contribution in [2.45, 2.75) is 83.6 Å². The molecular formula is C15H29F3N2. The Hall–Kier alpha value is -0.290. The molecule has 0 bridgehead atoms. The highest BCUT2D eigenvalue weighted by molar-refractivity contribution is 4.94. The molecule has 0 aromatic heterocycles. The lowest BCUT2D eigenvalue weighted by Crippen LogP contribution is -2.53. The Bertz CT molecular complexity index is 264. The van der Waals surface area contributed by atoms with Gasteiger partial charge >= 0.3 is 6.18 Å². The standard InChI is InChI=1S/C15H29F3N2/c1-4-7-13(19-10-5-2)14(6-3)20(12-8-9-12)11-15(16,17)18/h12-14,19H,4-11H2,1-3H3. The van der Waals surface area contributed by atoms with Gasteiger partial charge in [-0.2, -0.15) is 13.2 Å². The minimum absolute atomic E-state index is 0.00405. The van der Waals surface area contributed by atoms with E-state index in [1.807, 2.05) is 6.92 Å². The maximum absolute atomic E-state index is 12.8. The molecule has 1 N–H and O–H groups in total. The molecule has 120 valence electrons. The third-order valence-electron chi connectivity index (χ3n) is 3.94. The predicted octanol–water partition coefficient (Wildman–Crippen LogP) is 3.96. The molecule has 2 nitrogen and oxygen atoms in total. The number of hydrogen-bond acceptors (Lipinski definition) is 2. The minimum atomic E-state index is -4.10. The summed E-state index contributed by atoms with van der Waals surface area (Å²) < 4.78 is 38.5. The molecule has 5 heteroatoms. The van der Waals surface area contributed by atoms with Crippen molar-refractivity contribution in [1.82, 2.24) is 10.2 Å². The quantitative estimate of drug-likeness (QED) is 0.656. The van der Waals surface area contributed by atoms with Gasteiger partial charge in [0.25, 0.3) is 0 Å². The van der Waals surface area contributed by atoms with Crippen LogP contribution in [-0.4, -0.2) is 42.3 Å². The lowest BCUT2D eigenvalue weighted by molar-refractivity contribution is -0.154. The molecule has 0 radical (unpaired) electrons. The van der Waals surface area contributed by atoms with Crippen LogP contribution in [0.25, 0.3) is 0 Å². The molecule has 1 rings (SSSR count). The Morgan fingerprint density at radius 2 is 1.80 bits per heavy atom. The lowest BCUT2D eigenvalue weighted by Gasteiger charge is -2.38. The monoisotopic (exact) mass is 294 g/mol. The van der Waals surface area contributed by atoms with Crippen molar-refractivity contribution in [2.24, 2.45) is 0 Å². The molecule has 1 aliphatic rings. The molecule has 0 spiro atoms. The van der Waals surface area contributed by atoms with E-state index in [4.69, 9.17) is 0 Å². The van der Waals surface area contributed by atoms with E-state index in [1.54, 1.807) is 4.90 Å². The van der Waals surface area contributed by atoms with E-state index < -0.39 is 12.7 Å². The third kappa shape index (κ3) is 6.00. The Morgan fingerprint density at radius 1 is 1.15 bits per heavy atom. The van der Waals surface area contributed by atoms with Crippen molar-refractivity contribution in [3.05, 3.63) is 0 Å². The maximum Gasteiger partial charge on any atom is 0.401 e. The molecule has 1 aliphatic carbocycles. The highest BCUT2D eigenvalue weighted by Crippen LogP contribution is 2.34. The largest absolute Gasteiger partial charge is 0.401 e. The molecule has 20 heavy (non-hydrogen) atoms. The zero-order valence-corrected chi connectivity index (χ0v) is 13.0. The smallest absolute Gasteiger partial charge is 0.312 e. The zero-order chi connectivity index (χ0) is 15.2. The predicted molar refractivity (Wildman–Crippen MR) is 76.9 cm³/mol. The average Bonchev–Trinajstić information content (AvgIpc) is 3.18. The number of nitrogens with zero attached hydrogens (tertiary/aromatic N) is 1. The van der Waals surface area contributed by atoms with Gasteiger partial charge in [0.2, 0.25) is 0 Å². The fraction of sp³-hybridized carbons (Fsp3) is 1.00. The number of halogens is 3. The highest BCUT2D eigenvalue weighted by Gasteiger charge is 2.42. The normalized spacial score (nSPS) is 19.4. The van der Waals surface area contributed by atoms with Crippen LogP contribution < -0.4 is 5.32 Å². The Morgan fingerprint density at radius 3 is 2.20 bits per heavy atom. The van der Waals surface area contributed by atoms with Crippen LogP contribution in [0.4, 0.5) is 13.2 Å². The third-order valence-corrected chi connectivity index (χ3v) is 3.94. The molecule has 2 atom stereocenters. The van der Waals surface area contributed by atoms with Gasteiger partial charge < -0.3 is 5.32 Å². The summed E-state index contributed by atoms with van der Waals surface area (Å²) in [5.41, 5.74) is 0. The number of hydrogen-bond donors (Lipinski definition) is 1. The van der Waals surface area contributed by atoms with E-state index >= 15 is 0 Å². The van der Waals surface area contributed by atoms with Crippen LogP contribution in [0.15, 0.2) is 0 Å². The average molecular weight is 294 g/mol. The molecular weight excluding hydrogens is 265 g/mol. The van der Waals surface area contributed by atoms with Crippen LogP contribution in [0, 0.1) is 0 Å². The first-order valence-corrected chi connectivity index (χ1v) is 7.98. The van der Waals surface area contributed by atoms with Crippen molar-refractivity contribution in [3.8, 4) is 0 Å². The number of alkyl halides is 3. The van der Waals surface area contributed by atoms with Gasteiger partial charge in [0.05, 0.1) is 6.54 Å². The summed E-state index contributed by atoms with van der Waals surface area (Å²) in [5, 5.41) is 3.46. The van der Waals surface area contributed by atoms with E-state index in [9.17, 15) is 13.2 Å². The summed E-state index contributed by atoms with van der Waals surface area (Å²) in [6, 6.07) is 0.313. The molecule has 0 aromatic carbocycles. The first kappa shape index (κ1) is 17.8. The van der Waals surface area contributed by atoms with Crippen LogP contribution in [0.1, 0.15) is 59.3 Å². The van der Waals surface area contributed by atoms with Crippen LogP contribution in [0.3, 0.4) is 0 Å². The molecule has 0 saturated heterocycles. The lowest BCUT2D eigenvalue weighted by atomic mass is 9.98. The summed E-state index contributed by atoms with van der Waals surface area (Å²) in [5.74, 6) is 0. The van der Waals surface area contributed by atoms with Crippen LogP contribution in [0.5, 0.6) is 0 Å². The first-order valence-electron chi connectivity index (χ1n) is 7.98. The van der Waals surface area contributed by atoms with Crippen molar-refractivity contribution < 1.29 is 13.2 Å². The van der Waals surface area contributed by atoms with Crippen LogP contribution in [0.2, 0.25) is 0 Å². The minimum Gasteiger partial charge on any atom is -0.312 e. The molecule has 1 fully saturated rings. The molecule has 1 saturated carbocycles. The van der Waals surface area contributed by atoms with Crippen molar-refractivity contribution in [2.75, 3.05) is 13.1 Å². The second-order valence-electron chi connectivity index (χ2n) is 5.84. The Balaban J connectivity index is 2.74. The van der Waals surface area contributed by atoms with Gasteiger partial charge in [0.15, 0.2) is 0 Å². The van der Waals surface area contributed by atoms with Gasteiger partial charge in [0, 0.05) is 18.1 Å². The molecule has 0 aromatic rings. The van der Waals surface area contributed by atoms with Gasteiger partial charge in [-0.1, -0.05) is 27.2 Å². The summed E-state index contributed by atoms with van der Waals surface area (Å²) in [4.78, 5) is 1.71. The van der Waals surface area contributed by atoms with Crippen LogP contribution in [-0.2, 0) is 0 Å². The zero-order valence-electron chi connectivity index (χ0n) is 13.0. The fourth-order valence-corrected chi connectivity index (χ4v) is 2.95. The van der Waals surface area contributed by atoms with Crippen molar-refractivity contribution in [1.29, 1.82) is 0 Å². The molecule has 2 unspecified atom stereocenters. The van der Waals surface area contributed by atoms with E-state index in [-0.39, 0.29) is 18.1 Å². The van der Waals surface area contributed by atoms with E-state index in [1.165, 1.54) is 0 Å². The SMILES string of the molecule is CCCNC(CCC)C(CC)N(CC(F)(F)F)C1CC1. The topological polar surface area (TPSA) is 15.3 Å². The Labute approximate surface area is 121 Å². The molecule has 0 heterocycles. The van der Waals surface area contributed by atoms with Gasteiger partial charge in [0.1, 0.15) is 0 Å². The summed E-state index contributed by atoms with van der Waals surface area (Å²) >= 11 is 0. The molecule has 0 aliphatic heterocycles. The van der Waals surface area contributed by atoms with Crippen molar-refractivity contribution in [3.63, 3.8) is 0 Å². The summed E-state index contributed by atoms with van der Waals surface area (Å²) in [7, 11) is 0. The molecule has 0 amide bonds. The van der Waals surface area contributed by atoms with Gasteiger partial charge in [-0.25, -0.2) is 0 Å². The van der Waals surface area contributed by atoms with Gasteiger partial charge in [-0.05, 0) is 38.6 Å². The maximum atomic E-state index is 12.8. The summed E-state index contributed by atoms with van der Waals surface area (Å²) in [6.07, 6.45) is 1.46. The number of nitrogens with one attached hydrogen (secondary N) is 1. The van der Waals surface area contributed by atoms with E-state index in [0.717, 1.165) is 45.1 Å². The van der Waals surface area contributed by atoms with Gasteiger partial charge in [-0.15, -0.1) is 0 Å².